The van der Waals surface area contributed by atoms with Crippen LogP contribution in [0.3, 0.4) is 0 Å². The van der Waals surface area contributed by atoms with Gasteiger partial charge in [-0.1, -0.05) is 30.9 Å². The van der Waals surface area contributed by atoms with Crippen molar-refractivity contribution >= 4 is 28.1 Å². The van der Waals surface area contributed by atoms with Gasteiger partial charge in [-0.25, -0.2) is 5.43 Å². The van der Waals surface area contributed by atoms with Gasteiger partial charge in [-0.2, -0.15) is 5.10 Å². The number of aryl methyl sites for hydroxylation is 1. The summed E-state index contributed by atoms with van der Waals surface area (Å²) in [5.41, 5.74) is 4.76. The molecular formula is C19H19BrN2O3. The van der Waals surface area contributed by atoms with E-state index in [0.717, 1.165) is 15.6 Å². The van der Waals surface area contributed by atoms with Crippen molar-refractivity contribution in [2.24, 2.45) is 5.10 Å². The molecule has 0 fully saturated rings. The van der Waals surface area contributed by atoms with Crippen LogP contribution in [0.15, 0.2) is 58.6 Å². The molecule has 1 N–H and O–H groups in total. The van der Waals surface area contributed by atoms with Crippen LogP contribution in [0.1, 0.15) is 21.5 Å². The Balaban J connectivity index is 2.13. The molecule has 0 aromatic heterocycles. The molecule has 6 heteroatoms. The number of halogens is 1. The molecule has 0 bridgehead atoms. The highest BCUT2D eigenvalue weighted by atomic mass is 79.9. The van der Waals surface area contributed by atoms with E-state index in [0.29, 0.717) is 23.7 Å². The number of rotatable bonds is 7. The van der Waals surface area contributed by atoms with Crippen LogP contribution >= 0.6 is 15.9 Å². The number of hydrogen-bond donors (Lipinski definition) is 1. The number of amides is 1. The van der Waals surface area contributed by atoms with Gasteiger partial charge in [-0.3, -0.25) is 4.79 Å². The Bertz CT molecular complexity index is 803. The zero-order chi connectivity index (χ0) is 18.2. The van der Waals surface area contributed by atoms with Crippen LogP contribution in [0.4, 0.5) is 0 Å². The standard InChI is InChI=1S/C19H19BrN2O3/c1-4-9-25-18-16(20)10-14(11-17(18)24-3)12-21-22-19(23)15-8-6-5-7-13(15)2/h4-8,10-12H,1,9H2,2-3H3,(H,22,23)/b21-12+. The molecule has 0 unspecified atom stereocenters. The summed E-state index contributed by atoms with van der Waals surface area (Å²) in [5, 5.41) is 4.01. The third kappa shape index (κ3) is 4.93. The van der Waals surface area contributed by atoms with E-state index in [1.165, 1.54) is 0 Å². The molecule has 0 saturated heterocycles. The number of benzene rings is 2. The van der Waals surface area contributed by atoms with Crippen molar-refractivity contribution in [3.05, 3.63) is 70.2 Å². The number of nitrogens with one attached hydrogen (secondary N) is 1. The van der Waals surface area contributed by atoms with Crippen molar-refractivity contribution in [1.29, 1.82) is 0 Å². The van der Waals surface area contributed by atoms with E-state index >= 15 is 0 Å². The average molecular weight is 403 g/mol. The van der Waals surface area contributed by atoms with Gasteiger partial charge >= 0.3 is 0 Å². The number of methoxy groups -OCH3 is 1. The van der Waals surface area contributed by atoms with Gasteiger partial charge in [0, 0.05) is 5.56 Å². The molecule has 0 atom stereocenters. The van der Waals surface area contributed by atoms with Gasteiger partial charge in [-0.15, -0.1) is 0 Å². The van der Waals surface area contributed by atoms with Crippen LogP contribution < -0.4 is 14.9 Å². The van der Waals surface area contributed by atoms with Crippen LogP contribution in [-0.4, -0.2) is 25.8 Å². The summed E-state index contributed by atoms with van der Waals surface area (Å²) in [5.74, 6) is 0.887. The predicted molar refractivity (Wildman–Crippen MR) is 103 cm³/mol. The molecule has 0 radical (unpaired) electrons. The molecular weight excluding hydrogens is 384 g/mol. The Morgan fingerprint density at radius 3 is 2.80 bits per heavy atom. The second-order valence-electron chi connectivity index (χ2n) is 5.15. The first-order chi connectivity index (χ1) is 12.1. The van der Waals surface area contributed by atoms with Crippen molar-refractivity contribution in [3.63, 3.8) is 0 Å². The van der Waals surface area contributed by atoms with Gasteiger partial charge in [0.15, 0.2) is 11.5 Å². The lowest BCUT2D eigenvalue weighted by atomic mass is 10.1. The first kappa shape index (κ1) is 18.7. The molecule has 0 aliphatic heterocycles. The summed E-state index contributed by atoms with van der Waals surface area (Å²) in [4.78, 5) is 12.1. The van der Waals surface area contributed by atoms with E-state index in [1.54, 1.807) is 31.5 Å². The van der Waals surface area contributed by atoms with E-state index in [9.17, 15) is 4.79 Å². The third-order valence-corrected chi connectivity index (χ3v) is 3.96. The lowest BCUT2D eigenvalue weighted by molar-refractivity contribution is 0.0954. The Morgan fingerprint density at radius 2 is 2.12 bits per heavy atom. The number of hydrazone groups is 1. The van der Waals surface area contributed by atoms with Crippen molar-refractivity contribution in [3.8, 4) is 11.5 Å². The molecule has 0 aliphatic carbocycles. The molecule has 0 heterocycles. The Labute approximate surface area is 155 Å². The lowest BCUT2D eigenvalue weighted by Crippen LogP contribution is -2.18. The van der Waals surface area contributed by atoms with Crippen molar-refractivity contribution < 1.29 is 14.3 Å². The van der Waals surface area contributed by atoms with Crippen molar-refractivity contribution in [2.45, 2.75) is 6.92 Å². The lowest BCUT2D eigenvalue weighted by Gasteiger charge is -2.12. The summed E-state index contributed by atoms with van der Waals surface area (Å²) >= 11 is 3.45. The molecule has 0 saturated carbocycles. The normalized spacial score (nSPS) is 10.5. The topological polar surface area (TPSA) is 59.9 Å². The van der Waals surface area contributed by atoms with Crippen LogP contribution in [0, 0.1) is 6.92 Å². The number of carbonyl (C=O) groups excluding carboxylic acids is 1. The maximum atomic E-state index is 12.1. The molecule has 130 valence electrons. The van der Waals surface area contributed by atoms with Crippen LogP contribution in [-0.2, 0) is 0 Å². The highest BCUT2D eigenvalue weighted by Crippen LogP contribution is 2.36. The van der Waals surface area contributed by atoms with Crippen molar-refractivity contribution in [2.75, 3.05) is 13.7 Å². The van der Waals surface area contributed by atoms with Gasteiger partial charge in [0.05, 0.1) is 17.8 Å². The summed E-state index contributed by atoms with van der Waals surface area (Å²) in [6.07, 6.45) is 3.20. The zero-order valence-corrected chi connectivity index (χ0v) is 15.7. The quantitative estimate of drug-likeness (QED) is 0.430. The smallest absolute Gasteiger partial charge is 0.271 e. The van der Waals surface area contributed by atoms with Gasteiger partial charge in [0.1, 0.15) is 6.61 Å². The molecule has 0 aliphatic rings. The van der Waals surface area contributed by atoms with E-state index in [1.807, 2.05) is 31.2 Å². The fourth-order valence-electron chi connectivity index (χ4n) is 2.15. The second-order valence-corrected chi connectivity index (χ2v) is 6.00. The van der Waals surface area contributed by atoms with E-state index in [-0.39, 0.29) is 5.91 Å². The number of hydrogen-bond acceptors (Lipinski definition) is 4. The van der Waals surface area contributed by atoms with Gasteiger partial charge in [0.2, 0.25) is 0 Å². The maximum Gasteiger partial charge on any atom is 0.271 e. The highest BCUT2D eigenvalue weighted by Gasteiger charge is 2.11. The molecule has 0 spiro atoms. The minimum atomic E-state index is -0.258. The zero-order valence-electron chi connectivity index (χ0n) is 14.1. The molecule has 5 nitrogen and oxygen atoms in total. The maximum absolute atomic E-state index is 12.1. The summed E-state index contributed by atoms with van der Waals surface area (Å²) < 4.78 is 11.6. The summed E-state index contributed by atoms with van der Waals surface area (Å²) in [6.45, 7) is 5.87. The number of carbonyl (C=O) groups is 1. The number of ether oxygens (including phenoxy) is 2. The Kier molecular flexibility index (Phi) is 6.77. The van der Waals surface area contributed by atoms with E-state index in [2.05, 4.69) is 33.0 Å². The van der Waals surface area contributed by atoms with Crippen molar-refractivity contribution in [1.82, 2.24) is 5.43 Å². The molecule has 2 rings (SSSR count). The van der Waals surface area contributed by atoms with E-state index in [4.69, 9.17) is 9.47 Å². The van der Waals surface area contributed by atoms with Crippen LogP contribution in [0.5, 0.6) is 11.5 Å². The molecule has 1 amide bonds. The van der Waals surface area contributed by atoms with Gasteiger partial charge in [0.25, 0.3) is 5.91 Å². The van der Waals surface area contributed by atoms with Gasteiger partial charge in [-0.05, 0) is 52.2 Å². The SMILES string of the molecule is C=CCOc1c(Br)cc(/C=N/NC(=O)c2ccccc2C)cc1OC. The summed E-state index contributed by atoms with van der Waals surface area (Å²) in [6, 6.07) is 10.9. The van der Waals surface area contributed by atoms with Crippen LogP contribution in [0.25, 0.3) is 0 Å². The third-order valence-electron chi connectivity index (χ3n) is 3.37. The molecule has 2 aromatic carbocycles. The largest absolute Gasteiger partial charge is 0.493 e. The monoisotopic (exact) mass is 402 g/mol. The predicted octanol–water partition coefficient (Wildman–Crippen LogP) is 4.09. The Morgan fingerprint density at radius 1 is 1.36 bits per heavy atom. The average Bonchev–Trinajstić information content (AvgIpc) is 2.60. The second kappa shape index (κ2) is 9.03. The first-order valence-corrected chi connectivity index (χ1v) is 8.36. The number of nitrogens with zero attached hydrogens (tertiary/aromatic N) is 1. The summed E-state index contributed by atoms with van der Waals surface area (Å²) in [7, 11) is 1.56. The minimum Gasteiger partial charge on any atom is -0.493 e. The fourth-order valence-corrected chi connectivity index (χ4v) is 2.72. The molecule has 25 heavy (non-hydrogen) atoms. The highest BCUT2D eigenvalue weighted by molar-refractivity contribution is 9.10. The minimum absolute atomic E-state index is 0.258. The first-order valence-electron chi connectivity index (χ1n) is 7.57. The van der Waals surface area contributed by atoms with E-state index < -0.39 is 0 Å². The molecule has 2 aromatic rings. The van der Waals surface area contributed by atoms with Crippen LogP contribution in [0.2, 0.25) is 0 Å². The van der Waals surface area contributed by atoms with Gasteiger partial charge < -0.3 is 9.47 Å². The Hall–Kier alpha value is -2.60. The fraction of sp³-hybridized carbons (Fsp3) is 0.158.